The van der Waals surface area contributed by atoms with E-state index in [4.69, 9.17) is 10.5 Å². The van der Waals surface area contributed by atoms with E-state index in [2.05, 4.69) is 23.7 Å². The molecule has 1 amide bonds. The highest BCUT2D eigenvalue weighted by atomic mass is 16.5. The number of nitrogens with two attached hydrogens (primary N) is 1. The van der Waals surface area contributed by atoms with Gasteiger partial charge in [0.25, 0.3) is 5.91 Å². The molecule has 2 aliphatic rings. The standard InChI is InChI=1S/C20H31N3O2/c1-4-6-14(2)23-12-16-7-5-8-17(13-23)20(16,25-3)15-9-10-22-18(11-15)19(21)24/h9-11,14,16-17H,4-8,12-13H2,1-3H3,(H2,21,24)/t14-,16-,17+,20?/m1/s1. The molecule has 2 bridgehead atoms. The maximum atomic E-state index is 11.6. The van der Waals surface area contributed by atoms with Crippen molar-refractivity contribution in [1.29, 1.82) is 0 Å². The van der Waals surface area contributed by atoms with Crippen molar-refractivity contribution in [3.8, 4) is 0 Å². The van der Waals surface area contributed by atoms with Crippen LogP contribution in [0.5, 0.6) is 0 Å². The quantitative estimate of drug-likeness (QED) is 0.861. The number of carbonyl (C=O) groups excluding carboxylic acids is 1. The second-order valence-electron chi connectivity index (χ2n) is 7.71. The van der Waals surface area contributed by atoms with Crippen LogP contribution < -0.4 is 5.73 Å². The summed E-state index contributed by atoms with van der Waals surface area (Å²) in [6, 6.07) is 4.47. The van der Waals surface area contributed by atoms with Crippen molar-refractivity contribution in [3.05, 3.63) is 29.6 Å². The van der Waals surface area contributed by atoms with Crippen LogP contribution in [0.2, 0.25) is 0 Å². The molecule has 1 aliphatic heterocycles. The van der Waals surface area contributed by atoms with Gasteiger partial charge in [-0.3, -0.25) is 14.7 Å². The predicted octanol–water partition coefficient (Wildman–Crippen LogP) is 2.94. The number of carbonyl (C=O) groups is 1. The van der Waals surface area contributed by atoms with E-state index in [0.29, 0.717) is 23.6 Å². The van der Waals surface area contributed by atoms with E-state index < -0.39 is 5.91 Å². The van der Waals surface area contributed by atoms with Crippen molar-refractivity contribution in [2.45, 2.75) is 57.6 Å². The Balaban J connectivity index is 1.96. The van der Waals surface area contributed by atoms with Gasteiger partial charge >= 0.3 is 0 Å². The van der Waals surface area contributed by atoms with E-state index in [1.165, 1.54) is 19.3 Å². The SMILES string of the molecule is CCC[C@@H](C)N1C[C@H]2CCC[C@@H](C1)C2(OC)c1ccnc(C(N)=O)c1. The topological polar surface area (TPSA) is 68.4 Å². The third kappa shape index (κ3) is 3.20. The van der Waals surface area contributed by atoms with Crippen LogP contribution in [0.3, 0.4) is 0 Å². The Kier molecular flexibility index (Phi) is 5.44. The number of hydrogen-bond donors (Lipinski definition) is 1. The van der Waals surface area contributed by atoms with Crippen LogP contribution in [-0.4, -0.2) is 42.0 Å². The zero-order valence-corrected chi connectivity index (χ0v) is 15.7. The lowest BCUT2D eigenvalue weighted by Crippen LogP contribution is -2.60. The van der Waals surface area contributed by atoms with Crippen molar-refractivity contribution >= 4 is 5.91 Å². The van der Waals surface area contributed by atoms with Gasteiger partial charge in [-0.05, 0) is 43.9 Å². The maximum Gasteiger partial charge on any atom is 0.267 e. The average Bonchev–Trinajstić information content (AvgIpc) is 2.60. The number of nitrogens with zero attached hydrogens (tertiary/aromatic N) is 2. The van der Waals surface area contributed by atoms with Crippen LogP contribution in [-0.2, 0) is 10.3 Å². The van der Waals surface area contributed by atoms with Crippen molar-refractivity contribution in [2.75, 3.05) is 20.2 Å². The van der Waals surface area contributed by atoms with Gasteiger partial charge in [-0.2, -0.15) is 0 Å². The summed E-state index contributed by atoms with van der Waals surface area (Å²) in [5.74, 6) is 0.395. The molecular formula is C20H31N3O2. The van der Waals surface area contributed by atoms with Crippen LogP contribution in [0.15, 0.2) is 18.3 Å². The molecule has 5 nitrogen and oxygen atoms in total. The van der Waals surface area contributed by atoms with E-state index in [1.807, 2.05) is 19.2 Å². The number of piperidine rings is 1. The summed E-state index contributed by atoms with van der Waals surface area (Å²) < 4.78 is 6.25. The summed E-state index contributed by atoms with van der Waals surface area (Å²) in [4.78, 5) is 18.4. The van der Waals surface area contributed by atoms with E-state index >= 15 is 0 Å². The number of pyridine rings is 1. The molecule has 3 rings (SSSR count). The van der Waals surface area contributed by atoms with Crippen LogP contribution in [0.1, 0.15) is 62.0 Å². The molecule has 2 heterocycles. The van der Waals surface area contributed by atoms with Crippen LogP contribution in [0.4, 0.5) is 0 Å². The predicted molar refractivity (Wildman–Crippen MR) is 98.2 cm³/mol. The Hall–Kier alpha value is -1.46. The minimum atomic E-state index is -0.479. The molecule has 0 spiro atoms. The number of likely N-dealkylation sites (tertiary alicyclic amines) is 1. The summed E-state index contributed by atoms with van der Waals surface area (Å²) >= 11 is 0. The summed E-state index contributed by atoms with van der Waals surface area (Å²) in [6.45, 7) is 6.71. The van der Waals surface area contributed by atoms with Crippen LogP contribution in [0, 0.1) is 11.8 Å². The van der Waals surface area contributed by atoms with E-state index in [0.717, 1.165) is 31.5 Å². The van der Waals surface area contributed by atoms with Gasteiger partial charge in [-0.25, -0.2) is 0 Å². The summed E-state index contributed by atoms with van der Waals surface area (Å²) in [5, 5.41) is 0. The number of primary amides is 1. The number of fused-ring (bicyclic) bond motifs is 2. The van der Waals surface area contributed by atoms with Gasteiger partial charge in [0.1, 0.15) is 11.3 Å². The molecule has 1 saturated heterocycles. The lowest BCUT2D eigenvalue weighted by atomic mass is 9.62. The number of rotatable bonds is 6. The third-order valence-electron chi connectivity index (χ3n) is 6.36. The second-order valence-corrected chi connectivity index (χ2v) is 7.71. The molecule has 0 radical (unpaired) electrons. The first-order chi connectivity index (χ1) is 12.0. The Morgan fingerprint density at radius 2 is 2.12 bits per heavy atom. The summed E-state index contributed by atoms with van der Waals surface area (Å²) in [5.41, 5.74) is 6.53. The van der Waals surface area contributed by atoms with E-state index in [9.17, 15) is 4.79 Å². The number of ether oxygens (including phenoxy) is 1. The first-order valence-electron chi connectivity index (χ1n) is 9.58. The van der Waals surface area contributed by atoms with Gasteiger partial charge < -0.3 is 10.5 Å². The average molecular weight is 345 g/mol. The highest BCUT2D eigenvalue weighted by Gasteiger charge is 2.53. The molecule has 5 heteroatoms. The smallest absolute Gasteiger partial charge is 0.267 e. The van der Waals surface area contributed by atoms with Gasteiger partial charge in [-0.1, -0.05) is 19.8 Å². The number of methoxy groups -OCH3 is 1. The van der Waals surface area contributed by atoms with E-state index in [-0.39, 0.29) is 5.60 Å². The molecule has 4 atom stereocenters. The molecule has 1 aromatic rings. The number of amides is 1. The lowest BCUT2D eigenvalue weighted by molar-refractivity contribution is -0.173. The highest BCUT2D eigenvalue weighted by Crippen LogP contribution is 2.51. The molecular weight excluding hydrogens is 314 g/mol. The molecule has 2 N–H and O–H groups in total. The van der Waals surface area contributed by atoms with Crippen molar-refractivity contribution in [1.82, 2.24) is 9.88 Å². The largest absolute Gasteiger partial charge is 0.373 e. The number of aromatic nitrogens is 1. The van der Waals surface area contributed by atoms with Gasteiger partial charge in [0.15, 0.2) is 0 Å². The van der Waals surface area contributed by atoms with Gasteiger partial charge in [-0.15, -0.1) is 0 Å². The Labute approximate surface area is 150 Å². The van der Waals surface area contributed by atoms with Crippen molar-refractivity contribution < 1.29 is 9.53 Å². The fourth-order valence-electron chi connectivity index (χ4n) is 5.16. The highest BCUT2D eigenvalue weighted by molar-refractivity contribution is 5.90. The first-order valence-corrected chi connectivity index (χ1v) is 9.58. The molecule has 1 aromatic heterocycles. The first kappa shape index (κ1) is 18.3. The minimum Gasteiger partial charge on any atom is -0.373 e. The third-order valence-corrected chi connectivity index (χ3v) is 6.36. The maximum absolute atomic E-state index is 11.6. The molecule has 2 fully saturated rings. The zero-order chi connectivity index (χ0) is 18.0. The van der Waals surface area contributed by atoms with Crippen molar-refractivity contribution in [2.24, 2.45) is 17.6 Å². The normalized spacial score (nSPS) is 30.8. The Morgan fingerprint density at radius 3 is 2.68 bits per heavy atom. The van der Waals surface area contributed by atoms with Gasteiger partial charge in [0.05, 0.1) is 0 Å². The van der Waals surface area contributed by atoms with Crippen LogP contribution in [0.25, 0.3) is 0 Å². The molecule has 138 valence electrons. The van der Waals surface area contributed by atoms with E-state index in [1.54, 1.807) is 6.20 Å². The van der Waals surface area contributed by atoms with Crippen LogP contribution >= 0.6 is 0 Å². The summed E-state index contributed by atoms with van der Waals surface area (Å²) in [6.07, 6.45) is 7.72. The minimum absolute atomic E-state index is 0.326. The number of hydrogen-bond acceptors (Lipinski definition) is 4. The molecule has 1 unspecified atom stereocenters. The monoisotopic (exact) mass is 345 g/mol. The Bertz CT molecular complexity index is 605. The fraction of sp³-hybridized carbons (Fsp3) is 0.700. The molecule has 0 aromatic carbocycles. The second kappa shape index (κ2) is 7.42. The Morgan fingerprint density at radius 1 is 1.44 bits per heavy atom. The summed E-state index contributed by atoms with van der Waals surface area (Å²) in [7, 11) is 1.82. The zero-order valence-electron chi connectivity index (χ0n) is 15.7. The van der Waals surface area contributed by atoms with Gasteiger partial charge in [0, 0.05) is 44.3 Å². The fourth-order valence-corrected chi connectivity index (χ4v) is 5.16. The lowest BCUT2D eigenvalue weighted by Gasteiger charge is -2.56. The molecule has 1 saturated carbocycles. The van der Waals surface area contributed by atoms with Crippen molar-refractivity contribution in [3.63, 3.8) is 0 Å². The van der Waals surface area contributed by atoms with Gasteiger partial charge in [0.2, 0.25) is 0 Å². The molecule has 25 heavy (non-hydrogen) atoms. The molecule has 1 aliphatic carbocycles.